The normalized spacial score (nSPS) is 29.4. The van der Waals surface area contributed by atoms with E-state index in [1.807, 2.05) is 73.7 Å². The van der Waals surface area contributed by atoms with Gasteiger partial charge in [0, 0.05) is 5.56 Å². The Morgan fingerprint density at radius 3 is 1.85 bits per heavy atom. The van der Waals surface area contributed by atoms with Gasteiger partial charge in [-0.2, -0.15) is 0 Å². The summed E-state index contributed by atoms with van der Waals surface area (Å²) >= 11 is 0. The zero-order valence-corrected chi connectivity index (χ0v) is 18.8. The molecule has 3 unspecified atom stereocenters. The van der Waals surface area contributed by atoms with Crippen LogP contribution in [0.3, 0.4) is 0 Å². The fourth-order valence-electron chi connectivity index (χ4n) is 4.50. The fraction of sp³-hybridized carbons (Fsp3) is 0.357. The minimum absolute atomic E-state index is 0.156. The van der Waals surface area contributed by atoms with Gasteiger partial charge in [0.25, 0.3) is 0 Å². The number of ether oxygens (including phenoxy) is 5. The Bertz CT molecular complexity index is 981. The summed E-state index contributed by atoms with van der Waals surface area (Å²) in [6.07, 6.45) is -1.69. The van der Waals surface area contributed by atoms with Crippen molar-refractivity contribution in [2.24, 2.45) is 0 Å². The highest BCUT2D eigenvalue weighted by Gasteiger charge is 2.49. The Labute approximate surface area is 195 Å². The van der Waals surface area contributed by atoms with E-state index in [0.29, 0.717) is 19.8 Å². The van der Waals surface area contributed by atoms with Crippen molar-refractivity contribution >= 4 is 0 Å². The van der Waals surface area contributed by atoms with Gasteiger partial charge in [-0.25, -0.2) is 0 Å². The van der Waals surface area contributed by atoms with Crippen molar-refractivity contribution in [2.45, 2.75) is 56.9 Å². The van der Waals surface area contributed by atoms with Crippen LogP contribution in [0.15, 0.2) is 91.0 Å². The quantitative estimate of drug-likeness (QED) is 0.508. The molecule has 5 nitrogen and oxygen atoms in total. The molecule has 0 radical (unpaired) electrons. The van der Waals surface area contributed by atoms with Crippen LogP contribution in [-0.4, -0.2) is 37.1 Å². The zero-order valence-electron chi connectivity index (χ0n) is 18.8. The molecule has 2 aliphatic rings. The molecule has 172 valence electrons. The van der Waals surface area contributed by atoms with Crippen molar-refractivity contribution in [2.75, 3.05) is 6.61 Å². The summed E-state index contributed by atoms with van der Waals surface area (Å²) in [5, 5.41) is 0. The van der Waals surface area contributed by atoms with Gasteiger partial charge in [-0.05, 0) is 18.1 Å². The first-order valence-corrected chi connectivity index (χ1v) is 11.6. The second-order valence-corrected chi connectivity index (χ2v) is 8.58. The van der Waals surface area contributed by atoms with Crippen molar-refractivity contribution in [3.05, 3.63) is 108 Å². The van der Waals surface area contributed by atoms with E-state index >= 15 is 0 Å². The number of fused-ring (bicyclic) bond motifs is 1. The molecule has 0 saturated carbocycles. The standard InChI is InChI=1S/C28H30O5/c1-20-25(29-17-21-11-5-2-6-12-21)27(30-18-22-13-7-3-8-14-22)26-24(32-20)19-31-28(33-26)23-15-9-4-10-16-23/h2-16,20,24-28H,17-19H2,1H3/t20-,24?,25?,26-,27-,28?/m1/s1. The van der Waals surface area contributed by atoms with Gasteiger partial charge < -0.3 is 23.7 Å². The SMILES string of the molecule is C[C@H]1OC2COC(c3ccccc3)O[C@H]2[C@H](OCc2ccccc2)C1OCc1ccccc1. The minimum Gasteiger partial charge on any atom is -0.368 e. The molecule has 5 rings (SSSR count). The third-order valence-corrected chi connectivity index (χ3v) is 6.20. The molecule has 2 aliphatic heterocycles. The summed E-state index contributed by atoms with van der Waals surface area (Å²) in [5.41, 5.74) is 3.21. The molecule has 0 spiro atoms. The number of hydrogen-bond donors (Lipinski definition) is 0. The molecule has 0 aliphatic carbocycles. The summed E-state index contributed by atoms with van der Waals surface area (Å²) in [7, 11) is 0. The first-order valence-electron chi connectivity index (χ1n) is 11.6. The van der Waals surface area contributed by atoms with Crippen LogP contribution in [0.4, 0.5) is 0 Å². The van der Waals surface area contributed by atoms with Gasteiger partial charge in [0.15, 0.2) is 6.29 Å². The minimum atomic E-state index is -0.456. The third-order valence-electron chi connectivity index (χ3n) is 6.20. The van der Waals surface area contributed by atoms with E-state index < -0.39 is 6.29 Å². The van der Waals surface area contributed by atoms with Crippen LogP contribution in [0, 0.1) is 0 Å². The average Bonchev–Trinajstić information content (AvgIpc) is 2.88. The Kier molecular flexibility index (Phi) is 7.15. The van der Waals surface area contributed by atoms with Gasteiger partial charge in [-0.1, -0.05) is 91.0 Å². The molecule has 2 fully saturated rings. The van der Waals surface area contributed by atoms with Crippen LogP contribution >= 0.6 is 0 Å². The lowest BCUT2D eigenvalue weighted by Gasteiger charge is -2.48. The third kappa shape index (κ3) is 5.35. The Morgan fingerprint density at radius 1 is 0.697 bits per heavy atom. The van der Waals surface area contributed by atoms with Crippen molar-refractivity contribution < 1.29 is 23.7 Å². The van der Waals surface area contributed by atoms with Crippen LogP contribution in [0.1, 0.15) is 29.9 Å². The maximum atomic E-state index is 6.51. The van der Waals surface area contributed by atoms with Crippen LogP contribution in [0.25, 0.3) is 0 Å². The molecule has 0 bridgehead atoms. The molecule has 5 heteroatoms. The maximum absolute atomic E-state index is 6.51. The summed E-state index contributed by atoms with van der Waals surface area (Å²) in [6.45, 7) is 3.45. The first kappa shape index (κ1) is 22.3. The monoisotopic (exact) mass is 446 g/mol. The molecule has 33 heavy (non-hydrogen) atoms. The largest absolute Gasteiger partial charge is 0.368 e. The number of rotatable bonds is 7. The van der Waals surface area contributed by atoms with Crippen LogP contribution in [-0.2, 0) is 36.9 Å². The molecular weight excluding hydrogens is 416 g/mol. The molecule has 0 N–H and O–H groups in total. The van der Waals surface area contributed by atoms with E-state index in [9.17, 15) is 0 Å². The predicted molar refractivity (Wildman–Crippen MR) is 124 cm³/mol. The highest BCUT2D eigenvalue weighted by molar-refractivity contribution is 5.17. The van der Waals surface area contributed by atoms with Crippen molar-refractivity contribution in [1.29, 1.82) is 0 Å². The highest BCUT2D eigenvalue weighted by Crippen LogP contribution is 2.36. The molecule has 0 amide bonds. The summed E-state index contributed by atoms with van der Waals surface area (Å²) in [6, 6.07) is 30.3. The maximum Gasteiger partial charge on any atom is 0.184 e. The molecule has 0 aromatic heterocycles. The second kappa shape index (κ2) is 10.6. The smallest absolute Gasteiger partial charge is 0.184 e. The van der Waals surface area contributed by atoms with Crippen LogP contribution in [0.5, 0.6) is 0 Å². The van der Waals surface area contributed by atoms with E-state index in [0.717, 1.165) is 16.7 Å². The van der Waals surface area contributed by atoms with Gasteiger partial charge in [0.05, 0.1) is 25.9 Å². The lowest BCUT2D eigenvalue weighted by atomic mass is 9.94. The molecule has 3 aromatic rings. The molecule has 6 atom stereocenters. The molecular formula is C28H30O5. The summed E-state index contributed by atoms with van der Waals surface area (Å²) in [5.74, 6) is 0. The van der Waals surface area contributed by atoms with Gasteiger partial charge >= 0.3 is 0 Å². The Hall–Kier alpha value is -2.54. The van der Waals surface area contributed by atoms with E-state index in [1.165, 1.54) is 0 Å². The summed E-state index contributed by atoms with van der Waals surface area (Å²) < 4.78 is 31.7. The Balaban J connectivity index is 1.36. The van der Waals surface area contributed by atoms with Crippen molar-refractivity contribution in [3.8, 4) is 0 Å². The molecule has 2 saturated heterocycles. The predicted octanol–water partition coefficient (Wildman–Crippen LogP) is 5.06. The number of benzene rings is 3. The average molecular weight is 447 g/mol. The van der Waals surface area contributed by atoms with Crippen molar-refractivity contribution in [3.63, 3.8) is 0 Å². The van der Waals surface area contributed by atoms with Crippen LogP contribution in [0.2, 0.25) is 0 Å². The number of hydrogen-bond acceptors (Lipinski definition) is 5. The lowest BCUT2D eigenvalue weighted by molar-refractivity contribution is -0.337. The zero-order chi connectivity index (χ0) is 22.5. The topological polar surface area (TPSA) is 46.2 Å². The van der Waals surface area contributed by atoms with E-state index in [1.54, 1.807) is 0 Å². The fourth-order valence-corrected chi connectivity index (χ4v) is 4.50. The van der Waals surface area contributed by atoms with Crippen LogP contribution < -0.4 is 0 Å². The Morgan fingerprint density at radius 2 is 1.24 bits per heavy atom. The molecule has 2 heterocycles. The van der Waals surface area contributed by atoms with E-state index in [4.69, 9.17) is 23.7 Å². The summed E-state index contributed by atoms with van der Waals surface area (Å²) in [4.78, 5) is 0. The van der Waals surface area contributed by atoms with Gasteiger partial charge in [0.2, 0.25) is 0 Å². The van der Waals surface area contributed by atoms with Gasteiger partial charge in [-0.3, -0.25) is 0 Å². The van der Waals surface area contributed by atoms with Gasteiger partial charge in [-0.15, -0.1) is 0 Å². The van der Waals surface area contributed by atoms with Crippen molar-refractivity contribution in [1.82, 2.24) is 0 Å². The first-order chi connectivity index (χ1) is 16.3. The highest BCUT2D eigenvalue weighted by atomic mass is 16.7. The van der Waals surface area contributed by atoms with E-state index in [-0.39, 0.29) is 30.5 Å². The van der Waals surface area contributed by atoms with E-state index in [2.05, 4.69) is 24.3 Å². The van der Waals surface area contributed by atoms with Gasteiger partial charge in [0.1, 0.15) is 24.4 Å². The second-order valence-electron chi connectivity index (χ2n) is 8.58. The molecule has 3 aromatic carbocycles. The lowest BCUT2D eigenvalue weighted by Crippen LogP contribution is -2.62.